The van der Waals surface area contributed by atoms with E-state index in [4.69, 9.17) is 0 Å². The maximum absolute atomic E-state index is 13.0. The minimum atomic E-state index is -4.39. The number of benzene rings is 1. The van der Waals surface area contributed by atoms with E-state index in [0.717, 1.165) is 17.8 Å². The first-order valence-corrected chi connectivity index (χ1v) is 7.76. The van der Waals surface area contributed by atoms with E-state index in [1.165, 1.54) is 6.07 Å². The molecule has 0 spiro atoms. The fourth-order valence-corrected chi connectivity index (χ4v) is 2.69. The van der Waals surface area contributed by atoms with Crippen LogP contribution in [0, 0.1) is 0 Å². The van der Waals surface area contributed by atoms with Crippen molar-refractivity contribution in [2.24, 2.45) is 0 Å². The maximum atomic E-state index is 13.0. The van der Waals surface area contributed by atoms with Gasteiger partial charge in [0.25, 0.3) is 0 Å². The minimum Gasteiger partial charge on any atom is -0.257 e. The predicted octanol–water partition coefficient (Wildman–Crippen LogP) is 3.96. The van der Waals surface area contributed by atoms with Crippen LogP contribution in [0.3, 0.4) is 0 Å². The Kier molecular flexibility index (Phi) is 3.87. The van der Waals surface area contributed by atoms with Crippen molar-refractivity contribution < 1.29 is 13.2 Å². The molecule has 4 aromatic rings. The molecule has 0 saturated carbocycles. The van der Waals surface area contributed by atoms with Gasteiger partial charge in [-0.05, 0) is 35.9 Å². The molecule has 5 nitrogen and oxygen atoms in total. The molecule has 0 fully saturated rings. The summed E-state index contributed by atoms with van der Waals surface area (Å²) in [6.45, 7) is 0.394. The number of halogens is 3. The van der Waals surface area contributed by atoms with Crippen molar-refractivity contribution in [1.29, 1.82) is 0 Å². The first-order valence-electron chi connectivity index (χ1n) is 7.76. The standard InChI is InChI=1S/C18H12F3N5/c19-18(20,21)14-4-1-3-12(7-14)13-8-17-16(22-9-13)10-24-26(17)11-15-5-2-6-23-25-15/h1-10H,11H2. The van der Waals surface area contributed by atoms with Crippen molar-refractivity contribution in [2.45, 2.75) is 12.7 Å². The number of hydrogen-bond acceptors (Lipinski definition) is 4. The first-order chi connectivity index (χ1) is 12.5. The Hall–Kier alpha value is -3.29. The third kappa shape index (κ3) is 3.13. The number of aromatic nitrogens is 5. The van der Waals surface area contributed by atoms with Crippen molar-refractivity contribution in [3.05, 3.63) is 72.3 Å². The highest BCUT2D eigenvalue weighted by Crippen LogP contribution is 2.32. The molecule has 0 bridgehead atoms. The highest BCUT2D eigenvalue weighted by molar-refractivity contribution is 5.80. The van der Waals surface area contributed by atoms with Crippen LogP contribution < -0.4 is 0 Å². The molecule has 0 unspecified atom stereocenters. The topological polar surface area (TPSA) is 56.5 Å². The van der Waals surface area contributed by atoms with E-state index < -0.39 is 11.7 Å². The van der Waals surface area contributed by atoms with E-state index >= 15 is 0 Å². The number of rotatable bonds is 3. The van der Waals surface area contributed by atoms with Crippen LogP contribution >= 0.6 is 0 Å². The van der Waals surface area contributed by atoms with Crippen LogP contribution in [0.5, 0.6) is 0 Å². The summed E-state index contributed by atoms with van der Waals surface area (Å²) in [4.78, 5) is 4.31. The average molecular weight is 355 g/mol. The summed E-state index contributed by atoms with van der Waals surface area (Å²) in [7, 11) is 0. The van der Waals surface area contributed by atoms with Gasteiger partial charge in [-0.2, -0.15) is 28.5 Å². The zero-order valence-electron chi connectivity index (χ0n) is 13.4. The van der Waals surface area contributed by atoms with Gasteiger partial charge in [-0.1, -0.05) is 12.1 Å². The van der Waals surface area contributed by atoms with E-state index in [2.05, 4.69) is 20.3 Å². The zero-order valence-corrected chi connectivity index (χ0v) is 13.4. The minimum absolute atomic E-state index is 0.394. The molecule has 1 aromatic carbocycles. The van der Waals surface area contributed by atoms with Gasteiger partial charge in [-0.25, -0.2) is 0 Å². The third-order valence-electron chi connectivity index (χ3n) is 3.96. The molecule has 4 rings (SSSR count). The molecule has 0 radical (unpaired) electrons. The SMILES string of the molecule is FC(F)(F)c1cccc(-c2cnc3cnn(Cc4cccnn4)c3c2)c1. The molecule has 130 valence electrons. The smallest absolute Gasteiger partial charge is 0.257 e. The number of nitrogens with zero attached hydrogens (tertiary/aromatic N) is 5. The Labute approximate surface area is 146 Å². The van der Waals surface area contributed by atoms with Gasteiger partial charge in [0.05, 0.1) is 29.5 Å². The van der Waals surface area contributed by atoms with Crippen molar-refractivity contribution in [2.75, 3.05) is 0 Å². The molecular formula is C18H12F3N5. The van der Waals surface area contributed by atoms with Gasteiger partial charge in [-0.3, -0.25) is 9.67 Å². The normalized spacial score (nSPS) is 11.8. The van der Waals surface area contributed by atoms with Crippen LogP contribution in [0.25, 0.3) is 22.2 Å². The lowest BCUT2D eigenvalue weighted by atomic mass is 10.0. The van der Waals surface area contributed by atoms with E-state index in [-0.39, 0.29) is 0 Å². The lowest BCUT2D eigenvalue weighted by Gasteiger charge is -2.09. The summed E-state index contributed by atoms with van der Waals surface area (Å²) in [5.74, 6) is 0. The summed E-state index contributed by atoms with van der Waals surface area (Å²) in [6.07, 6.45) is 0.354. The zero-order chi connectivity index (χ0) is 18.1. The molecule has 8 heteroatoms. The number of alkyl halides is 3. The maximum Gasteiger partial charge on any atom is 0.416 e. The first kappa shape index (κ1) is 16.2. The molecule has 3 heterocycles. The molecule has 3 aromatic heterocycles. The van der Waals surface area contributed by atoms with E-state index in [0.29, 0.717) is 28.7 Å². The Bertz CT molecular complexity index is 1060. The van der Waals surface area contributed by atoms with Crippen LogP contribution in [-0.2, 0) is 12.7 Å². The summed E-state index contributed by atoms with van der Waals surface area (Å²) < 4.78 is 40.6. The molecule has 0 saturated heterocycles. The van der Waals surface area contributed by atoms with Crippen molar-refractivity contribution >= 4 is 11.0 Å². The van der Waals surface area contributed by atoms with Gasteiger partial charge in [0.1, 0.15) is 5.52 Å². The van der Waals surface area contributed by atoms with Crippen molar-refractivity contribution in [3.63, 3.8) is 0 Å². The third-order valence-corrected chi connectivity index (χ3v) is 3.96. The van der Waals surface area contributed by atoms with Gasteiger partial charge in [0.2, 0.25) is 0 Å². The molecular weight excluding hydrogens is 343 g/mol. The van der Waals surface area contributed by atoms with Crippen LogP contribution in [0.2, 0.25) is 0 Å². The second-order valence-corrected chi connectivity index (χ2v) is 5.72. The second kappa shape index (κ2) is 6.21. The number of fused-ring (bicyclic) bond motifs is 1. The van der Waals surface area contributed by atoms with Gasteiger partial charge in [0, 0.05) is 18.0 Å². The average Bonchev–Trinajstić information content (AvgIpc) is 3.04. The van der Waals surface area contributed by atoms with Crippen LogP contribution in [0.4, 0.5) is 13.2 Å². The van der Waals surface area contributed by atoms with Crippen molar-refractivity contribution in [1.82, 2.24) is 25.0 Å². The van der Waals surface area contributed by atoms with Crippen LogP contribution in [-0.4, -0.2) is 25.0 Å². The monoisotopic (exact) mass is 355 g/mol. The van der Waals surface area contributed by atoms with Gasteiger partial charge in [-0.15, -0.1) is 0 Å². The Morgan fingerprint density at radius 1 is 0.962 bits per heavy atom. The van der Waals surface area contributed by atoms with Crippen LogP contribution in [0.15, 0.2) is 61.1 Å². The molecule has 26 heavy (non-hydrogen) atoms. The number of pyridine rings is 1. The Balaban J connectivity index is 1.75. The van der Waals surface area contributed by atoms with E-state index in [1.54, 1.807) is 41.5 Å². The molecule has 0 atom stereocenters. The molecule has 0 aliphatic carbocycles. The second-order valence-electron chi connectivity index (χ2n) is 5.72. The molecule has 0 amide bonds. The summed E-state index contributed by atoms with van der Waals surface area (Å²) >= 11 is 0. The van der Waals surface area contributed by atoms with Gasteiger partial charge < -0.3 is 0 Å². The van der Waals surface area contributed by atoms with Crippen molar-refractivity contribution in [3.8, 4) is 11.1 Å². The lowest BCUT2D eigenvalue weighted by Crippen LogP contribution is -2.05. The van der Waals surface area contributed by atoms with E-state index in [9.17, 15) is 13.2 Å². The largest absolute Gasteiger partial charge is 0.416 e. The van der Waals surface area contributed by atoms with Gasteiger partial charge in [0.15, 0.2) is 0 Å². The Morgan fingerprint density at radius 3 is 2.62 bits per heavy atom. The fourth-order valence-electron chi connectivity index (χ4n) is 2.69. The highest BCUT2D eigenvalue weighted by Gasteiger charge is 2.30. The van der Waals surface area contributed by atoms with Crippen LogP contribution in [0.1, 0.15) is 11.3 Å². The lowest BCUT2D eigenvalue weighted by molar-refractivity contribution is -0.137. The number of hydrogen-bond donors (Lipinski definition) is 0. The Morgan fingerprint density at radius 2 is 1.85 bits per heavy atom. The van der Waals surface area contributed by atoms with E-state index in [1.807, 2.05) is 6.07 Å². The summed E-state index contributed by atoms with van der Waals surface area (Å²) in [6, 6.07) is 10.6. The molecule has 0 aliphatic rings. The molecule has 0 aliphatic heterocycles. The predicted molar refractivity (Wildman–Crippen MR) is 89.1 cm³/mol. The fraction of sp³-hybridized carbons (Fsp3) is 0.111. The summed E-state index contributed by atoms with van der Waals surface area (Å²) in [5, 5.41) is 12.1. The summed E-state index contributed by atoms with van der Waals surface area (Å²) in [5.41, 5.74) is 2.44. The highest BCUT2D eigenvalue weighted by atomic mass is 19.4. The molecule has 0 N–H and O–H groups in total. The quantitative estimate of drug-likeness (QED) is 0.558. The van der Waals surface area contributed by atoms with Gasteiger partial charge >= 0.3 is 6.18 Å².